The van der Waals surface area contributed by atoms with Crippen molar-refractivity contribution >= 4 is 27.3 Å². The first kappa shape index (κ1) is 31.4. The van der Waals surface area contributed by atoms with Crippen molar-refractivity contribution in [1.29, 1.82) is 0 Å². The van der Waals surface area contributed by atoms with Gasteiger partial charge in [-0.15, -0.1) is 0 Å². The molecular weight excluding hydrogens is 585 g/mol. The van der Waals surface area contributed by atoms with E-state index in [0.717, 1.165) is 23.4 Å². The molecule has 222 valence electrons. The lowest BCUT2D eigenvalue weighted by Crippen LogP contribution is -2.42. The Morgan fingerprint density at radius 2 is 1.45 bits per heavy atom. The first-order valence-corrected chi connectivity index (χ1v) is 15.6. The zero-order valence-electron chi connectivity index (χ0n) is 23.0. The summed E-state index contributed by atoms with van der Waals surface area (Å²) in [7, 11) is -3.40. The predicted octanol–water partition coefficient (Wildman–Crippen LogP) is 7.32. The Bertz CT molecular complexity index is 1530. The topological polar surface area (TPSA) is 67.4 Å². The maximum atomic E-state index is 13.7. The molecule has 0 unspecified atom stereocenters. The minimum Gasteiger partial charge on any atom is -0.493 e. The second-order valence-electron chi connectivity index (χ2n) is 10.0. The normalized spacial score (nSPS) is 12.2. The zero-order chi connectivity index (χ0) is 30.2. The summed E-state index contributed by atoms with van der Waals surface area (Å²) in [4.78, 5) is 0. The minimum absolute atomic E-state index is 0.243. The standard InChI is InChI=1S/C32H32ClF3N2O3S/c1-42(39,40)38-27-16-9-17-28(21-27)41-20-10-19-37-23-31(25-12-4-2-5-13-25,26-14-6-3-7-15-26)22-24-11-8-18-29(30(24)33)32(34,35)36/h2-9,11-18,21,37-38H,10,19-20,22-23H2,1H3. The number of hydrogen-bond donors (Lipinski definition) is 2. The fourth-order valence-corrected chi connectivity index (χ4v) is 5.82. The van der Waals surface area contributed by atoms with Crippen LogP contribution in [0.1, 0.15) is 28.7 Å². The molecule has 0 aliphatic carbocycles. The monoisotopic (exact) mass is 616 g/mol. The summed E-state index contributed by atoms with van der Waals surface area (Å²) in [6.45, 7) is 1.37. The third-order valence-electron chi connectivity index (χ3n) is 6.86. The molecule has 0 radical (unpaired) electrons. The molecule has 0 atom stereocenters. The number of sulfonamides is 1. The van der Waals surface area contributed by atoms with Gasteiger partial charge in [0.1, 0.15) is 5.75 Å². The molecule has 0 saturated carbocycles. The van der Waals surface area contributed by atoms with Gasteiger partial charge in [-0.3, -0.25) is 4.72 Å². The maximum Gasteiger partial charge on any atom is 0.417 e. The van der Waals surface area contributed by atoms with Gasteiger partial charge in [0.05, 0.1) is 29.1 Å². The van der Waals surface area contributed by atoms with Crippen LogP contribution in [0, 0.1) is 0 Å². The average Bonchev–Trinajstić information content (AvgIpc) is 2.95. The van der Waals surface area contributed by atoms with Crippen LogP contribution < -0.4 is 14.8 Å². The number of alkyl halides is 3. The lowest BCUT2D eigenvalue weighted by atomic mass is 9.70. The predicted molar refractivity (Wildman–Crippen MR) is 162 cm³/mol. The quantitative estimate of drug-likeness (QED) is 0.155. The van der Waals surface area contributed by atoms with E-state index in [-0.39, 0.29) is 11.4 Å². The number of halogens is 4. The fourth-order valence-electron chi connectivity index (χ4n) is 4.96. The van der Waals surface area contributed by atoms with Crippen LogP contribution in [0.4, 0.5) is 18.9 Å². The van der Waals surface area contributed by atoms with Crippen molar-refractivity contribution in [3.63, 3.8) is 0 Å². The summed E-state index contributed by atoms with van der Waals surface area (Å²) >= 11 is 6.39. The van der Waals surface area contributed by atoms with Crippen LogP contribution in [-0.4, -0.2) is 34.4 Å². The molecule has 4 aromatic carbocycles. The van der Waals surface area contributed by atoms with E-state index >= 15 is 0 Å². The third kappa shape index (κ3) is 8.27. The molecule has 4 aromatic rings. The molecular formula is C32H32ClF3N2O3S. The van der Waals surface area contributed by atoms with Crippen molar-refractivity contribution in [2.45, 2.75) is 24.4 Å². The van der Waals surface area contributed by atoms with E-state index in [0.29, 0.717) is 43.1 Å². The maximum absolute atomic E-state index is 13.7. The van der Waals surface area contributed by atoms with Crippen LogP contribution >= 0.6 is 11.6 Å². The molecule has 0 fully saturated rings. The number of ether oxygens (including phenoxy) is 1. The Morgan fingerprint density at radius 1 is 0.833 bits per heavy atom. The van der Waals surface area contributed by atoms with Crippen molar-refractivity contribution in [1.82, 2.24) is 5.32 Å². The summed E-state index contributed by atoms with van der Waals surface area (Å²) < 4.78 is 72.4. The molecule has 0 spiro atoms. The highest BCUT2D eigenvalue weighted by Crippen LogP contribution is 2.41. The number of benzene rings is 4. The molecule has 0 aromatic heterocycles. The molecule has 0 amide bonds. The Hall–Kier alpha value is -3.53. The molecule has 0 heterocycles. The van der Waals surface area contributed by atoms with E-state index in [1.165, 1.54) is 6.07 Å². The van der Waals surface area contributed by atoms with Gasteiger partial charge in [0.15, 0.2) is 0 Å². The van der Waals surface area contributed by atoms with Crippen molar-refractivity contribution in [2.75, 3.05) is 30.7 Å². The second kappa shape index (κ2) is 13.6. The van der Waals surface area contributed by atoms with Crippen LogP contribution in [0.15, 0.2) is 103 Å². The number of anilines is 1. The van der Waals surface area contributed by atoms with E-state index < -0.39 is 27.2 Å². The summed E-state index contributed by atoms with van der Waals surface area (Å²) in [5.74, 6) is 0.533. The molecule has 0 bridgehead atoms. The third-order valence-corrected chi connectivity index (χ3v) is 7.91. The summed E-state index contributed by atoms with van der Waals surface area (Å²) in [5, 5.41) is 3.21. The molecule has 2 N–H and O–H groups in total. The van der Waals surface area contributed by atoms with Crippen LogP contribution in [-0.2, 0) is 28.0 Å². The van der Waals surface area contributed by atoms with Crippen molar-refractivity contribution in [2.24, 2.45) is 0 Å². The molecule has 0 saturated heterocycles. The van der Waals surface area contributed by atoms with Crippen molar-refractivity contribution < 1.29 is 26.3 Å². The van der Waals surface area contributed by atoms with E-state index in [9.17, 15) is 21.6 Å². The zero-order valence-corrected chi connectivity index (χ0v) is 24.6. The first-order valence-electron chi connectivity index (χ1n) is 13.3. The van der Waals surface area contributed by atoms with E-state index in [1.54, 1.807) is 30.3 Å². The summed E-state index contributed by atoms with van der Waals surface area (Å²) in [6, 6.07) is 30.2. The SMILES string of the molecule is CS(=O)(=O)Nc1cccc(OCCCNCC(Cc2cccc(C(F)(F)F)c2Cl)(c2ccccc2)c2ccccc2)c1. The molecule has 0 aliphatic rings. The number of rotatable bonds is 13. The lowest BCUT2D eigenvalue weighted by molar-refractivity contribution is -0.137. The van der Waals surface area contributed by atoms with E-state index in [1.807, 2.05) is 60.7 Å². The second-order valence-corrected chi connectivity index (χ2v) is 12.2. The summed E-state index contributed by atoms with van der Waals surface area (Å²) in [6.07, 6.45) is -2.60. The van der Waals surface area contributed by atoms with E-state index in [2.05, 4.69) is 10.0 Å². The van der Waals surface area contributed by atoms with Gasteiger partial charge in [-0.05, 0) is 54.3 Å². The Kier molecular flexibility index (Phi) is 10.2. The first-order chi connectivity index (χ1) is 20.0. The van der Waals surface area contributed by atoms with Crippen LogP contribution in [0.5, 0.6) is 5.75 Å². The molecule has 10 heteroatoms. The number of nitrogens with one attached hydrogen (secondary N) is 2. The summed E-state index contributed by atoms with van der Waals surface area (Å²) in [5.41, 5.74) is 1.15. The Balaban J connectivity index is 1.53. The lowest BCUT2D eigenvalue weighted by Gasteiger charge is -2.36. The highest BCUT2D eigenvalue weighted by atomic mass is 35.5. The van der Waals surface area contributed by atoms with Crippen LogP contribution in [0.25, 0.3) is 0 Å². The van der Waals surface area contributed by atoms with Crippen molar-refractivity contribution in [3.05, 3.63) is 130 Å². The smallest absolute Gasteiger partial charge is 0.417 e. The van der Waals surface area contributed by atoms with Gasteiger partial charge in [-0.2, -0.15) is 13.2 Å². The van der Waals surface area contributed by atoms with Gasteiger partial charge in [-0.25, -0.2) is 8.42 Å². The molecule has 4 rings (SSSR count). The Morgan fingerprint density at radius 3 is 2.05 bits per heavy atom. The van der Waals surface area contributed by atoms with Gasteiger partial charge in [0, 0.05) is 18.0 Å². The highest BCUT2D eigenvalue weighted by molar-refractivity contribution is 7.92. The van der Waals surface area contributed by atoms with Gasteiger partial charge < -0.3 is 10.1 Å². The number of hydrogen-bond acceptors (Lipinski definition) is 4. The van der Waals surface area contributed by atoms with E-state index in [4.69, 9.17) is 16.3 Å². The van der Waals surface area contributed by atoms with Gasteiger partial charge in [0.2, 0.25) is 10.0 Å². The highest BCUT2D eigenvalue weighted by Gasteiger charge is 2.38. The average molecular weight is 617 g/mol. The van der Waals surface area contributed by atoms with Crippen LogP contribution in [0.3, 0.4) is 0 Å². The van der Waals surface area contributed by atoms with Gasteiger partial charge >= 0.3 is 6.18 Å². The van der Waals surface area contributed by atoms with Gasteiger partial charge in [-0.1, -0.05) is 90.5 Å². The van der Waals surface area contributed by atoms with Gasteiger partial charge in [0.25, 0.3) is 0 Å². The largest absolute Gasteiger partial charge is 0.493 e. The fraction of sp³-hybridized carbons (Fsp3) is 0.250. The molecule has 5 nitrogen and oxygen atoms in total. The van der Waals surface area contributed by atoms with Crippen LogP contribution in [0.2, 0.25) is 5.02 Å². The minimum atomic E-state index is -4.56. The molecule has 42 heavy (non-hydrogen) atoms. The van der Waals surface area contributed by atoms with Crippen molar-refractivity contribution in [3.8, 4) is 5.75 Å². The molecule has 0 aliphatic heterocycles. The Labute approximate surface area is 249 Å².